The number of piperazine rings is 1. The number of alkyl halides is 1. The van der Waals surface area contributed by atoms with E-state index in [1.807, 2.05) is 12.3 Å². The minimum Gasteiger partial charge on any atom is -0.354 e. The summed E-state index contributed by atoms with van der Waals surface area (Å²) < 4.78 is 0. The number of nitrogens with zero attached hydrogens (tertiary/aromatic N) is 3. The van der Waals surface area contributed by atoms with Gasteiger partial charge in [-0.1, -0.05) is 6.07 Å². The zero-order chi connectivity index (χ0) is 11.4. The molecule has 0 aromatic carbocycles. The van der Waals surface area contributed by atoms with E-state index in [1.54, 1.807) is 0 Å². The van der Waals surface area contributed by atoms with Gasteiger partial charge in [0.2, 0.25) is 0 Å². The molecule has 88 valence electrons. The smallest absolute Gasteiger partial charge is 0.131 e. The molecule has 2 rings (SSSR count). The Kier molecular flexibility index (Phi) is 4.02. The maximum absolute atomic E-state index is 5.75. The molecule has 1 aromatic rings. The SMILES string of the molecule is Cc1cccnc1N1CCN(CCCl)CC1. The number of aromatic nitrogens is 1. The molecule has 4 heteroatoms. The van der Waals surface area contributed by atoms with Crippen LogP contribution < -0.4 is 4.90 Å². The largest absolute Gasteiger partial charge is 0.354 e. The Hall–Kier alpha value is -0.800. The first-order valence-electron chi connectivity index (χ1n) is 5.76. The summed E-state index contributed by atoms with van der Waals surface area (Å²) in [7, 11) is 0. The summed E-state index contributed by atoms with van der Waals surface area (Å²) in [5.41, 5.74) is 1.26. The van der Waals surface area contributed by atoms with Gasteiger partial charge in [0.05, 0.1) is 0 Å². The third-order valence-electron chi connectivity index (χ3n) is 3.05. The van der Waals surface area contributed by atoms with Gasteiger partial charge in [-0.25, -0.2) is 4.98 Å². The monoisotopic (exact) mass is 239 g/mol. The molecule has 3 nitrogen and oxygen atoms in total. The molecule has 0 unspecified atom stereocenters. The lowest BCUT2D eigenvalue weighted by Crippen LogP contribution is -2.47. The van der Waals surface area contributed by atoms with E-state index >= 15 is 0 Å². The summed E-state index contributed by atoms with van der Waals surface area (Å²) in [4.78, 5) is 9.22. The summed E-state index contributed by atoms with van der Waals surface area (Å²) >= 11 is 5.75. The van der Waals surface area contributed by atoms with Crippen LogP contribution in [0.1, 0.15) is 5.56 Å². The first-order valence-corrected chi connectivity index (χ1v) is 6.29. The third kappa shape index (κ3) is 2.66. The van der Waals surface area contributed by atoms with Gasteiger partial charge < -0.3 is 4.90 Å². The molecule has 1 aromatic heterocycles. The van der Waals surface area contributed by atoms with Crippen LogP contribution in [-0.4, -0.2) is 48.5 Å². The predicted octanol–water partition coefficient (Wildman–Crippen LogP) is 1.75. The van der Waals surface area contributed by atoms with Crippen LogP contribution in [0.4, 0.5) is 5.82 Å². The fourth-order valence-electron chi connectivity index (χ4n) is 2.11. The van der Waals surface area contributed by atoms with Crippen molar-refractivity contribution in [2.45, 2.75) is 6.92 Å². The van der Waals surface area contributed by atoms with Gasteiger partial charge in [0.25, 0.3) is 0 Å². The van der Waals surface area contributed by atoms with Crippen LogP contribution in [0.5, 0.6) is 0 Å². The molecule has 1 saturated heterocycles. The van der Waals surface area contributed by atoms with Crippen LogP contribution in [0.2, 0.25) is 0 Å². The number of pyridine rings is 1. The fourth-order valence-corrected chi connectivity index (χ4v) is 2.35. The molecule has 0 saturated carbocycles. The first-order chi connectivity index (χ1) is 7.81. The molecule has 0 atom stereocenters. The zero-order valence-corrected chi connectivity index (χ0v) is 10.5. The van der Waals surface area contributed by atoms with E-state index < -0.39 is 0 Å². The minimum atomic E-state index is 0.725. The second kappa shape index (κ2) is 5.51. The van der Waals surface area contributed by atoms with E-state index in [0.29, 0.717) is 0 Å². The molecule has 0 bridgehead atoms. The highest BCUT2D eigenvalue weighted by atomic mass is 35.5. The maximum Gasteiger partial charge on any atom is 0.131 e. The van der Waals surface area contributed by atoms with Crippen molar-refractivity contribution in [3.63, 3.8) is 0 Å². The van der Waals surface area contributed by atoms with Crippen molar-refractivity contribution in [1.82, 2.24) is 9.88 Å². The van der Waals surface area contributed by atoms with Crippen LogP contribution in [-0.2, 0) is 0 Å². The van der Waals surface area contributed by atoms with E-state index in [0.717, 1.165) is 44.4 Å². The molecule has 1 aliphatic heterocycles. The van der Waals surface area contributed by atoms with Crippen LogP contribution in [0.25, 0.3) is 0 Å². The van der Waals surface area contributed by atoms with E-state index in [9.17, 15) is 0 Å². The highest BCUT2D eigenvalue weighted by Crippen LogP contribution is 2.17. The number of aryl methyl sites for hydroxylation is 1. The van der Waals surface area contributed by atoms with Crippen molar-refractivity contribution in [3.05, 3.63) is 23.9 Å². The van der Waals surface area contributed by atoms with Gasteiger partial charge in [-0.3, -0.25) is 4.90 Å². The lowest BCUT2D eigenvalue weighted by atomic mass is 10.2. The summed E-state index contributed by atoms with van der Waals surface area (Å²) in [6.45, 7) is 7.39. The Labute approximate surface area is 102 Å². The van der Waals surface area contributed by atoms with Crippen molar-refractivity contribution < 1.29 is 0 Å². The topological polar surface area (TPSA) is 19.4 Å². The summed E-state index contributed by atoms with van der Waals surface area (Å²) in [6.07, 6.45) is 1.87. The molecule has 0 spiro atoms. The molecule has 1 aliphatic rings. The Morgan fingerprint density at radius 1 is 1.31 bits per heavy atom. The molecule has 0 aliphatic carbocycles. The van der Waals surface area contributed by atoms with Gasteiger partial charge in [0, 0.05) is 44.8 Å². The molecule has 16 heavy (non-hydrogen) atoms. The maximum atomic E-state index is 5.75. The average molecular weight is 240 g/mol. The lowest BCUT2D eigenvalue weighted by molar-refractivity contribution is 0.272. The van der Waals surface area contributed by atoms with Crippen molar-refractivity contribution >= 4 is 17.4 Å². The van der Waals surface area contributed by atoms with E-state index in [4.69, 9.17) is 11.6 Å². The second-order valence-electron chi connectivity index (χ2n) is 4.16. The molecular weight excluding hydrogens is 222 g/mol. The number of hydrogen-bond donors (Lipinski definition) is 0. The molecular formula is C12H18ClN3. The van der Waals surface area contributed by atoms with Crippen LogP contribution in [0.3, 0.4) is 0 Å². The quantitative estimate of drug-likeness (QED) is 0.750. The number of hydrogen-bond acceptors (Lipinski definition) is 3. The Morgan fingerprint density at radius 2 is 2.06 bits per heavy atom. The molecule has 0 radical (unpaired) electrons. The van der Waals surface area contributed by atoms with E-state index in [1.165, 1.54) is 5.56 Å². The number of anilines is 1. The summed E-state index contributed by atoms with van der Waals surface area (Å²) in [5.74, 6) is 1.86. The van der Waals surface area contributed by atoms with Crippen molar-refractivity contribution in [3.8, 4) is 0 Å². The normalized spacial score (nSPS) is 17.8. The summed E-state index contributed by atoms with van der Waals surface area (Å²) in [6, 6.07) is 4.11. The second-order valence-corrected chi connectivity index (χ2v) is 4.54. The first kappa shape index (κ1) is 11.7. The van der Waals surface area contributed by atoms with Gasteiger partial charge in [0.15, 0.2) is 0 Å². The predicted molar refractivity (Wildman–Crippen MR) is 68.3 cm³/mol. The van der Waals surface area contributed by atoms with Crippen molar-refractivity contribution in [2.24, 2.45) is 0 Å². The van der Waals surface area contributed by atoms with Crippen LogP contribution in [0.15, 0.2) is 18.3 Å². The molecule has 0 N–H and O–H groups in total. The average Bonchev–Trinajstić information content (AvgIpc) is 2.31. The molecule has 1 fully saturated rings. The Morgan fingerprint density at radius 3 is 2.69 bits per heavy atom. The highest BCUT2D eigenvalue weighted by molar-refractivity contribution is 6.18. The number of halogens is 1. The minimum absolute atomic E-state index is 0.725. The standard InChI is InChI=1S/C12H18ClN3/c1-11-3-2-5-14-12(11)16-9-7-15(6-4-13)8-10-16/h2-3,5H,4,6-10H2,1H3. The van der Waals surface area contributed by atoms with Crippen LogP contribution in [0, 0.1) is 6.92 Å². The van der Waals surface area contributed by atoms with E-state index in [-0.39, 0.29) is 0 Å². The zero-order valence-electron chi connectivity index (χ0n) is 9.69. The third-order valence-corrected chi connectivity index (χ3v) is 3.22. The van der Waals surface area contributed by atoms with Gasteiger partial charge in [0.1, 0.15) is 5.82 Å². The highest BCUT2D eigenvalue weighted by Gasteiger charge is 2.18. The van der Waals surface area contributed by atoms with E-state index in [2.05, 4.69) is 27.8 Å². The van der Waals surface area contributed by atoms with Crippen molar-refractivity contribution in [2.75, 3.05) is 43.5 Å². The fraction of sp³-hybridized carbons (Fsp3) is 0.583. The number of rotatable bonds is 3. The Balaban J connectivity index is 1.96. The van der Waals surface area contributed by atoms with Crippen molar-refractivity contribution in [1.29, 1.82) is 0 Å². The van der Waals surface area contributed by atoms with Gasteiger partial charge in [-0.15, -0.1) is 11.6 Å². The molecule has 2 heterocycles. The van der Waals surface area contributed by atoms with Gasteiger partial charge in [-0.05, 0) is 18.6 Å². The summed E-state index contributed by atoms with van der Waals surface area (Å²) in [5, 5.41) is 0. The van der Waals surface area contributed by atoms with Crippen LogP contribution >= 0.6 is 11.6 Å². The lowest BCUT2D eigenvalue weighted by Gasteiger charge is -2.35. The van der Waals surface area contributed by atoms with Gasteiger partial charge in [-0.2, -0.15) is 0 Å². The Bertz CT molecular complexity index is 335. The van der Waals surface area contributed by atoms with Gasteiger partial charge >= 0.3 is 0 Å². The molecule has 0 amide bonds.